The second-order valence-corrected chi connectivity index (χ2v) is 8.39. The van der Waals surface area contributed by atoms with Gasteiger partial charge in [0, 0.05) is 17.9 Å². The van der Waals surface area contributed by atoms with Crippen molar-refractivity contribution in [1.29, 1.82) is 0 Å². The molecule has 5 aliphatic rings. The van der Waals surface area contributed by atoms with Crippen molar-refractivity contribution in [2.45, 2.75) is 63.8 Å². The molecule has 3 nitrogen and oxygen atoms in total. The molecule has 4 atom stereocenters. The van der Waals surface area contributed by atoms with Crippen LogP contribution >= 0.6 is 0 Å². The first-order valence-corrected chi connectivity index (χ1v) is 9.74. The minimum atomic E-state index is -0.168. The third-order valence-corrected chi connectivity index (χ3v) is 7.09. The monoisotopic (exact) mass is 335 g/mol. The number of rotatable bonds is 1. The topological polar surface area (TPSA) is 37.4 Å². The summed E-state index contributed by atoms with van der Waals surface area (Å²) in [6.07, 6.45) is 9.88. The predicted octanol–water partition coefficient (Wildman–Crippen LogP) is 3.99. The third-order valence-electron chi connectivity index (χ3n) is 7.09. The number of hydrogen-bond acceptors (Lipinski definition) is 2. The molecule has 0 N–H and O–H groups in total. The summed E-state index contributed by atoms with van der Waals surface area (Å²) in [4.78, 5) is 28.2. The van der Waals surface area contributed by atoms with Crippen LogP contribution in [0.25, 0.3) is 0 Å². The van der Waals surface area contributed by atoms with E-state index in [2.05, 4.69) is 38.1 Å². The molecule has 0 unspecified atom stereocenters. The molecule has 0 aromatic heterocycles. The van der Waals surface area contributed by atoms with Crippen LogP contribution in [0.1, 0.15) is 66.2 Å². The Balaban J connectivity index is 1.58. The molecule has 3 heteroatoms. The van der Waals surface area contributed by atoms with Gasteiger partial charge >= 0.3 is 0 Å². The van der Waals surface area contributed by atoms with E-state index in [9.17, 15) is 9.59 Å². The van der Waals surface area contributed by atoms with Gasteiger partial charge in [0.05, 0.1) is 11.8 Å². The first kappa shape index (κ1) is 15.4. The van der Waals surface area contributed by atoms with Gasteiger partial charge < -0.3 is 0 Å². The number of carbonyl (C=O) groups excluding carboxylic acids is 2. The van der Waals surface area contributed by atoms with E-state index in [0.29, 0.717) is 0 Å². The van der Waals surface area contributed by atoms with Gasteiger partial charge in [-0.15, -0.1) is 0 Å². The summed E-state index contributed by atoms with van der Waals surface area (Å²) >= 11 is 0. The molecule has 1 aromatic carbocycles. The van der Waals surface area contributed by atoms with Crippen molar-refractivity contribution < 1.29 is 9.59 Å². The summed E-state index contributed by atoms with van der Waals surface area (Å²) in [5.41, 5.74) is 5.11. The Labute approximate surface area is 149 Å². The Bertz CT molecular complexity index is 745. The average Bonchev–Trinajstić information content (AvgIpc) is 2.90. The molecule has 2 fully saturated rings. The molecular weight excluding hydrogens is 310 g/mol. The largest absolute Gasteiger partial charge is 0.279 e. The standard InChI is InChI=1S/C22H25NO2/c1-12-10-17-15-8-9-16(18(17)11-13(12)2)20-19(15)21(24)23(22(20)25)14-6-4-3-5-7-14/h8-11,14-16,19-20H,3-7H2,1-2H3/t15-,16+,19+,20-. The number of aryl methyl sites for hydroxylation is 2. The molecule has 0 radical (unpaired) electrons. The minimum Gasteiger partial charge on any atom is -0.279 e. The number of benzene rings is 1. The van der Waals surface area contributed by atoms with Crippen LogP contribution in [0.3, 0.4) is 0 Å². The fourth-order valence-electron chi connectivity index (χ4n) is 5.70. The van der Waals surface area contributed by atoms with Gasteiger partial charge in [0.15, 0.2) is 0 Å². The molecule has 130 valence electrons. The van der Waals surface area contributed by atoms with Crippen LogP contribution in [-0.4, -0.2) is 22.8 Å². The highest BCUT2D eigenvalue weighted by Crippen LogP contribution is 2.56. The van der Waals surface area contributed by atoms with E-state index in [0.717, 1.165) is 25.7 Å². The number of amides is 2. The molecular formula is C22H25NO2. The Morgan fingerprint density at radius 1 is 0.800 bits per heavy atom. The van der Waals surface area contributed by atoms with Crippen LogP contribution < -0.4 is 0 Å². The van der Waals surface area contributed by atoms with Gasteiger partial charge in [0.1, 0.15) is 0 Å². The molecule has 1 saturated heterocycles. The van der Waals surface area contributed by atoms with Crippen LogP contribution in [-0.2, 0) is 9.59 Å². The number of hydrogen-bond donors (Lipinski definition) is 0. The lowest BCUT2D eigenvalue weighted by atomic mass is 9.60. The van der Waals surface area contributed by atoms with Crippen molar-refractivity contribution in [3.63, 3.8) is 0 Å². The average molecular weight is 335 g/mol. The number of likely N-dealkylation sites (tertiary alicyclic amines) is 1. The fourth-order valence-corrected chi connectivity index (χ4v) is 5.70. The maximum Gasteiger partial charge on any atom is 0.234 e. The van der Waals surface area contributed by atoms with Crippen LogP contribution in [0.5, 0.6) is 0 Å². The third kappa shape index (κ3) is 1.98. The zero-order valence-corrected chi connectivity index (χ0v) is 15.0. The highest BCUT2D eigenvalue weighted by molar-refractivity contribution is 6.07. The lowest BCUT2D eigenvalue weighted by Gasteiger charge is -2.40. The van der Waals surface area contributed by atoms with Gasteiger partial charge in [-0.25, -0.2) is 0 Å². The van der Waals surface area contributed by atoms with Crippen LogP contribution in [0.15, 0.2) is 24.3 Å². The summed E-state index contributed by atoms with van der Waals surface area (Å²) in [7, 11) is 0. The molecule has 1 heterocycles. The Morgan fingerprint density at radius 2 is 1.28 bits per heavy atom. The van der Waals surface area contributed by atoms with E-state index in [1.807, 2.05) is 0 Å². The molecule has 6 rings (SSSR count). The lowest BCUT2D eigenvalue weighted by Crippen LogP contribution is -2.42. The summed E-state index contributed by atoms with van der Waals surface area (Å²) in [6, 6.07) is 4.65. The van der Waals surface area contributed by atoms with E-state index < -0.39 is 0 Å². The van der Waals surface area contributed by atoms with E-state index in [1.165, 1.54) is 28.7 Å². The molecule has 2 bridgehead atoms. The molecule has 25 heavy (non-hydrogen) atoms. The maximum atomic E-state index is 13.3. The zero-order valence-electron chi connectivity index (χ0n) is 15.0. The highest BCUT2D eigenvalue weighted by atomic mass is 16.2. The number of nitrogens with zero attached hydrogens (tertiary/aromatic N) is 1. The van der Waals surface area contributed by atoms with E-state index in [4.69, 9.17) is 0 Å². The van der Waals surface area contributed by atoms with E-state index >= 15 is 0 Å². The van der Waals surface area contributed by atoms with Crippen LogP contribution in [0.4, 0.5) is 0 Å². The van der Waals surface area contributed by atoms with Gasteiger partial charge in [-0.05, 0) is 48.9 Å². The van der Waals surface area contributed by atoms with Gasteiger partial charge in [0.2, 0.25) is 11.8 Å². The summed E-state index contributed by atoms with van der Waals surface area (Å²) in [5, 5.41) is 0. The predicted molar refractivity (Wildman–Crippen MR) is 96.2 cm³/mol. The van der Waals surface area contributed by atoms with Gasteiger partial charge in [-0.3, -0.25) is 14.5 Å². The smallest absolute Gasteiger partial charge is 0.234 e. The maximum absolute atomic E-state index is 13.3. The second kappa shape index (κ2) is 5.30. The molecule has 2 amide bonds. The Kier molecular flexibility index (Phi) is 3.25. The molecule has 1 aromatic rings. The SMILES string of the molecule is Cc1cc2c(cc1C)[C@@H]1C=C[C@H]2[C@@H]2C(=O)N(C3CCCCC3)C(=O)[C@@H]21. The summed E-state index contributed by atoms with van der Waals surface area (Å²) in [6.45, 7) is 4.27. The van der Waals surface area contributed by atoms with Crippen molar-refractivity contribution in [2.75, 3.05) is 0 Å². The van der Waals surface area contributed by atoms with Crippen molar-refractivity contribution in [2.24, 2.45) is 11.8 Å². The highest BCUT2D eigenvalue weighted by Gasteiger charge is 2.59. The van der Waals surface area contributed by atoms with E-state index in [-0.39, 0.29) is 41.5 Å². The Hall–Kier alpha value is -1.90. The van der Waals surface area contributed by atoms with Crippen molar-refractivity contribution >= 4 is 11.8 Å². The molecule has 0 spiro atoms. The Morgan fingerprint density at radius 3 is 1.76 bits per heavy atom. The first-order valence-electron chi connectivity index (χ1n) is 9.74. The molecule has 4 aliphatic carbocycles. The number of allylic oxidation sites excluding steroid dienone is 2. The summed E-state index contributed by atoms with van der Waals surface area (Å²) in [5.74, 6) is 0.0250. The number of carbonyl (C=O) groups is 2. The van der Waals surface area contributed by atoms with Crippen molar-refractivity contribution in [1.82, 2.24) is 4.90 Å². The van der Waals surface area contributed by atoms with Crippen LogP contribution in [0, 0.1) is 25.7 Å². The van der Waals surface area contributed by atoms with Crippen LogP contribution in [0.2, 0.25) is 0 Å². The van der Waals surface area contributed by atoms with Gasteiger partial charge in [0.25, 0.3) is 0 Å². The van der Waals surface area contributed by atoms with Gasteiger partial charge in [-0.1, -0.05) is 43.5 Å². The fraction of sp³-hybridized carbons (Fsp3) is 0.545. The number of imide groups is 1. The normalized spacial score (nSPS) is 33.8. The summed E-state index contributed by atoms with van der Waals surface area (Å²) < 4.78 is 0. The second-order valence-electron chi connectivity index (χ2n) is 8.39. The quantitative estimate of drug-likeness (QED) is 0.575. The molecule has 1 aliphatic heterocycles. The first-order chi connectivity index (χ1) is 12.1. The lowest BCUT2D eigenvalue weighted by molar-refractivity contribution is -0.143. The van der Waals surface area contributed by atoms with E-state index in [1.54, 1.807) is 4.90 Å². The van der Waals surface area contributed by atoms with Crippen molar-refractivity contribution in [3.8, 4) is 0 Å². The molecule has 1 saturated carbocycles. The van der Waals surface area contributed by atoms with Crippen molar-refractivity contribution in [3.05, 3.63) is 46.5 Å². The minimum absolute atomic E-state index is 0.0781. The van der Waals surface area contributed by atoms with Gasteiger partial charge in [-0.2, -0.15) is 0 Å². The zero-order chi connectivity index (χ0) is 17.3.